The number of hydrogen-bond donors (Lipinski definition) is 0. The van der Waals surface area contributed by atoms with Crippen LogP contribution in [0.15, 0.2) is 48.5 Å². The number of benzene rings is 2. The average molecular weight is 362 g/mol. The highest BCUT2D eigenvalue weighted by Gasteiger charge is 2.22. The Balaban J connectivity index is 1.53. The van der Waals surface area contributed by atoms with Crippen LogP contribution in [-0.4, -0.2) is 32.9 Å². The summed E-state index contributed by atoms with van der Waals surface area (Å²) in [7, 11) is 1.67. The summed E-state index contributed by atoms with van der Waals surface area (Å²) in [5.41, 5.74) is 2.94. The number of tetrazole rings is 1. The SMILES string of the molecule is COc1ccc(CCn2nnnc2-c2ccc3c(c2)C=CC(C)(C)O3)cc1. The van der Waals surface area contributed by atoms with Crippen molar-refractivity contribution in [2.75, 3.05) is 7.11 Å². The van der Waals surface area contributed by atoms with Crippen molar-refractivity contribution >= 4 is 6.08 Å². The first kappa shape index (κ1) is 17.3. The number of aromatic nitrogens is 4. The molecule has 0 N–H and O–H groups in total. The van der Waals surface area contributed by atoms with Gasteiger partial charge in [-0.1, -0.05) is 18.2 Å². The van der Waals surface area contributed by atoms with E-state index in [9.17, 15) is 0 Å². The van der Waals surface area contributed by atoms with Gasteiger partial charge >= 0.3 is 0 Å². The fourth-order valence-corrected chi connectivity index (χ4v) is 3.11. The second kappa shape index (κ2) is 6.87. The van der Waals surface area contributed by atoms with Gasteiger partial charge in [0.25, 0.3) is 0 Å². The van der Waals surface area contributed by atoms with Crippen molar-refractivity contribution in [1.29, 1.82) is 0 Å². The highest BCUT2D eigenvalue weighted by atomic mass is 16.5. The van der Waals surface area contributed by atoms with E-state index in [-0.39, 0.29) is 5.60 Å². The molecule has 6 heteroatoms. The lowest BCUT2D eigenvalue weighted by Gasteiger charge is -2.27. The molecule has 4 rings (SSSR count). The molecule has 0 saturated heterocycles. The van der Waals surface area contributed by atoms with Crippen molar-refractivity contribution in [2.45, 2.75) is 32.4 Å². The first-order chi connectivity index (χ1) is 13.0. The van der Waals surface area contributed by atoms with Crippen molar-refractivity contribution in [3.8, 4) is 22.9 Å². The lowest BCUT2D eigenvalue weighted by molar-refractivity contribution is 0.159. The third-order valence-electron chi connectivity index (χ3n) is 4.61. The van der Waals surface area contributed by atoms with Crippen LogP contribution in [0.4, 0.5) is 0 Å². The molecule has 1 aromatic heterocycles. The molecule has 6 nitrogen and oxygen atoms in total. The Bertz CT molecular complexity index is 974. The van der Waals surface area contributed by atoms with E-state index < -0.39 is 0 Å². The van der Waals surface area contributed by atoms with Crippen molar-refractivity contribution in [3.63, 3.8) is 0 Å². The van der Waals surface area contributed by atoms with Crippen LogP contribution in [-0.2, 0) is 13.0 Å². The first-order valence-electron chi connectivity index (χ1n) is 8.96. The molecule has 0 amide bonds. The summed E-state index contributed by atoms with van der Waals surface area (Å²) in [6, 6.07) is 14.1. The largest absolute Gasteiger partial charge is 0.497 e. The van der Waals surface area contributed by atoms with Gasteiger partial charge in [0.15, 0.2) is 5.82 Å². The van der Waals surface area contributed by atoms with E-state index in [1.54, 1.807) is 7.11 Å². The zero-order valence-electron chi connectivity index (χ0n) is 15.7. The summed E-state index contributed by atoms with van der Waals surface area (Å²) in [4.78, 5) is 0. The van der Waals surface area contributed by atoms with E-state index in [2.05, 4.69) is 45.9 Å². The molecule has 2 aromatic carbocycles. The van der Waals surface area contributed by atoms with Gasteiger partial charge in [0, 0.05) is 17.7 Å². The molecule has 1 aliphatic heterocycles. The molecule has 0 radical (unpaired) electrons. The molecule has 0 spiro atoms. The lowest BCUT2D eigenvalue weighted by Crippen LogP contribution is -2.27. The second-order valence-electron chi connectivity index (χ2n) is 7.12. The van der Waals surface area contributed by atoms with Crippen molar-refractivity contribution in [1.82, 2.24) is 20.2 Å². The zero-order chi connectivity index (χ0) is 18.9. The Morgan fingerprint density at radius 1 is 1.11 bits per heavy atom. The Hall–Kier alpha value is -3.15. The minimum atomic E-state index is -0.283. The van der Waals surface area contributed by atoms with Crippen molar-refractivity contribution in [2.24, 2.45) is 0 Å². The molecule has 0 unspecified atom stereocenters. The van der Waals surface area contributed by atoms with E-state index in [0.29, 0.717) is 6.54 Å². The van der Waals surface area contributed by atoms with Crippen LogP contribution >= 0.6 is 0 Å². The van der Waals surface area contributed by atoms with Gasteiger partial charge in [-0.2, -0.15) is 0 Å². The number of ether oxygens (including phenoxy) is 2. The number of fused-ring (bicyclic) bond motifs is 1. The second-order valence-corrected chi connectivity index (χ2v) is 7.12. The van der Waals surface area contributed by atoms with Gasteiger partial charge in [0.2, 0.25) is 0 Å². The quantitative estimate of drug-likeness (QED) is 0.691. The molecular weight excluding hydrogens is 340 g/mol. The van der Waals surface area contributed by atoms with E-state index in [4.69, 9.17) is 9.47 Å². The number of methoxy groups -OCH3 is 1. The van der Waals surface area contributed by atoms with Gasteiger partial charge in [-0.15, -0.1) is 5.10 Å². The van der Waals surface area contributed by atoms with Crippen LogP contribution in [0.5, 0.6) is 11.5 Å². The summed E-state index contributed by atoms with van der Waals surface area (Å²) in [5.74, 6) is 2.49. The maximum absolute atomic E-state index is 5.99. The van der Waals surface area contributed by atoms with Crippen molar-refractivity contribution in [3.05, 3.63) is 59.7 Å². The molecule has 27 heavy (non-hydrogen) atoms. The standard InChI is InChI=1S/C21H22N4O2/c1-21(2)12-10-16-14-17(6-9-19(16)27-21)20-22-23-24-25(20)13-11-15-4-7-18(26-3)8-5-15/h4-10,12,14H,11,13H2,1-3H3. The lowest BCUT2D eigenvalue weighted by atomic mass is 10.0. The Morgan fingerprint density at radius 2 is 1.93 bits per heavy atom. The van der Waals surface area contributed by atoms with E-state index in [1.165, 1.54) is 5.56 Å². The van der Waals surface area contributed by atoms with E-state index >= 15 is 0 Å². The topological polar surface area (TPSA) is 62.1 Å². The Morgan fingerprint density at radius 3 is 2.70 bits per heavy atom. The maximum Gasteiger partial charge on any atom is 0.182 e. The van der Waals surface area contributed by atoms with E-state index in [1.807, 2.05) is 42.8 Å². The number of rotatable bonds is 5. The average Bonchev–Trinajstić information content (AvgIpc) is 3.14. The molecule has 1 aliphatic rings. The summed E-state index contributed by atoms with van der Waals surface area (Å²) in [5, 5.41) is 12.2. The third-order valence-corrected chi connectivity index (χ3v) is 4.61. The summed E-state index contributed by atoms with van der Waals surface area (Å²) in [6.07, 6.45) is 4.99. The molecular formula is C21H22N4O2. The molecule has 0 bridgehead atoms. The van der Waals surface area contributed by atoms with Gasteiger partial charge in [-0.3, -0.25) is 0 Å². The third kappa shape index (κ3) is 3.69. The van der Waals surface area contributed by atoms with Crippen LogP contribution in [0, 0.1) is 0 Å². The fraction of sp³-hybridized carbons (Fsp3) is 0.286. The minimum absolute atomic E-state index is 0.283. The van der Waals surface area contributed by atoms with Gasteiger partial charge < -0.3 is 9.47 Å². The Kier molecular flexibility index (Phi) is 4.39. The zero-order valence-corrected chi connectivity index (χ0v) is 15.7. The number of hydrogen-bond acceptors (Lipinski definition) is 5. The monoisotopic (exact) mass is 362 g/mol. The normalized spacial score (nSPS) is 14.5. The minimum Gasteiger partial charge on any atom is -0.497 e. The van der Waals surface area contributed by atoms with Gasteiger partial charge in [0.1, 0.15) is 17.1 Å². The van der Waals surface area contributed by atoms with Crippen molar-refractivity contribution < 1.29 is 9.47 Å². The molecule has 0 aliphatic carbocycles. The van der Waals surface area contributed by atoms with Crippen LogP contribution in [0.3, 0.4) is 0 Å². The first-order valence-corrected chi connectivity index (χ1v) is 8.96. The van der Waals surface area contributed by atoms with E-state index in [0.717, 1.165) is 34.9 Å². The van der Waals surface area contributed by atoms with Crippen LogP contribution in [0.1, 0.15) is 25.0 Å². The molecule has 138 valence electrons. The molecule has 3 aromatic rings. The predicted octanol–water partition coefficient (Wildman–Crippen LogP) is 3.78. The molecule has 2 heterocycles. The highest BCUT2D eigenvalue weighted by Crippen LogP contribution is 2.33. The smallest absolute Gasteiger partial charge is 0.182 e. The maximum atomic E-state index is 5.99. The highest BCUT2D eigenvalue weighted by molar-refractivity contribution is 5.68. The Labute approximate surface area is 158 Å². The summed E-state index contributed by atoms with van der Waals surface area (Å²) in [6.45, 7) is 4.78. The summed E-state index contributed by atoms with van der Waals surface area (Å²) < 4.78 is 13.0. The molecule has 0 atom stereocenters. The fourth-order valence-electron chi connectivity index (χ4n) is 3.11. The molecule has 0 fully saturated rings. The van der Waals surface area contributed by atoms with Gasteiger partial charge in [-0.05, 0) is 72.7 Å². The van der Waals surface area contributed by atoms with Gasteiger partial charge in [0.05, 0.1) is 7.11 Å². The van der Waals surface area contributed by atoms with Crippen LogP contribution in [0.2, 0.25) is 0 Å². The summed E-state index contributed by atoms with van der Waals surface area (Å²) >= 11 is 0. The predicted molar refractivity (Wildman–Crippen MR) is 104 cm³/mol. The molecule has 0 saturated carbocycles. The van der Waals surface area contributed by atoms with Gasteiger partial charge in [-0.25, -0.2) is 4.68 Å². The van der Waals surface area contributed by atoms with Crippen LogP contribution in [0.25, 0.3) is 17.5 Å². The number of nitrogens with zero attached hydrogens (tertiary/aromatic N) is 4. The number of aryl methyl sites for hydroxylation is 2. The van der Waals surface area contributed by atoms with Crippen LogP contribution < -0.4 is 9.47 Å².